The molecule has 5 nitrogen and oxygen atoms in total. The monoisotopic (exact) mass is 337 g/mol. The van der Waals surface area contributed by atoms with Crippen molar-refractivity contribution < 1.29 is 19.4 Å². The molecule has 0 spiro atoms. The third-order valence-electron chi connectivity index (χ3n) is 3.72. The number of hydrogen-bond acceptors (Lipinski definition) is 3. The molecular formula is C20H19NO4. The third-order valence-corrected chi connectivity index (χ3v) is 3.72. The van der Waals surface area contributed by atoms with Crippen LogP contribution in [0.15, 0.2) is 54.7 Å². The highest BCUT2D eigenvalue weighted by Crippen LogP contribution is 2.31. The summed E-state index contributed by atoms with van der Waals surface area (Å²) < 4.78 is 6.93. The number of carbonyl (C=O) groups excluding carboxylic acids is 1. The molecule has 3 aromatic rings. The molecule has 1 heterocycles. The van der Waals surface area contributed by atoms with Crippen LogP contribution in [0.2, 0.25) is 0 Å². The van der Waals surface area contributed by atoms with Gasteiger partial charge >= 0.3 is 12.1 Å². The molecule has 0 atom stereocenters. The molecule has 0 saturated carbocycles. The summed E-state index contributed by atoms with van der Waals surface area (Å²) in [6.45, 7) is 5.44. The number of rotatable bonds is 2. The zero-order valence-electron chi connectivity index (χ0n) is 14.3. The highest BCUT2D eigenvalue weighted by Gasteiger charge is 2.21. The van der Waals surface area contributed by atoms with Crippen LogP contribution in [0.3, 0.4) is 0 Å². The molecule has 25 heavy (non-hydrogen) atoms. The van der Waals surface area contributed by atoms with E-state index in [9.17, 15) is 14.7 Å². The van der Waals surface area contributed by atoms with Crippen LogP contribution >= 0.6 is 0 Å². The van der Waals surface area contributed by atoms with Gasteiger partial charge in [-0.05, 0) is 44.5 Å². The van der Waals surface area contributed by atoms with Crippen LogP contribution in [0.4, 0.5) is 4.79 Å². The van der Waals surface area contributed by atoms with E-state index >= 15 is 0 Å². The van der Waals surface area contributed by atoms with Crippen LogP contribution in [0.25, 0.3) is 22.0 Å². The number of fused-ring (bicyclic) bond motifs is 1. The SMILES string of the molecule is CC(C)(C)OC(=O)n1cc(-c2cccc(C(=O)O)c2)c2ccccc21. The number of carboxylic acid groups (broad SMARTS) is 1. The van der Waals surface area contributed by atoms with Gasteiger partial charge < -0.3 is 9.84 Å². The second kappa shape index (κ2) is 6.09. The van der Waals surface area contributed by atoms with Crippen LogP contribution in [-0.2, 0) is 4.74 Å². The molecule has 5 heteroatoms. The Hall–Kier alpha value is -3.08. The molecule has 1 aromatic heterocycles. The van der Waals surface area contributed by atoms with Gasteiger partial charge in [0.2, 0.25) is 0 Å². The molecule has 0 aliphatic heterocycles. The number of carboxylic acids is 1. The van der Waals surface area contributed by atoms with Gasteiger partial charge in [-0.25, -0.2) is 9.59 Å². The van der Waals surface area contributed by atoms with E-state index in [-0.39, 0.29) is 5.56 Å². The van der Waals surface area contributed by atoms with Crippen LogP contribution in [0, 0.1) is 0 Å². The first kappa shape index (κ1) is 16.8. The number of para-hydroxylation sites is 1. The number of aromatic nitrogens is 1. The summed E-state index contributed by atoms with van der Waals surface area (Å²) in [6, 6.07) is 14.1. The Bertz CT molecular complexity index is 963. The lowest BCUT2D eigenvalue weighted by Crippen LogP contribution is -2.26. The maximum Gasteiger partial charge on any atom is 0.419 e. The Labute approximate surface area is 145 Å². The van der Waals surface area contributed by atoms with Crippen molar-refractivity contribution >= 4 is 23.0 Å². The van der Waals surface area contributed by atoms with Gasteiger partial charge in [0.25, 0.3) is 0 Å². The molecule has 2 aromatic carbocycles. The minimum absolute atomic E-state index is 0.201. The Morgan fingerprint density at radius 2 is 1.76 bits per heavy atom. The van der Waals surface area contributed by atoms with Crippen molar-refractivity contribution in [2.75, 3.05) is 0 Å². The fraction of sp³-hybridized carbons (Fsp3) is 0.200. The maximum atomic E-state index is 12.5. The lowest BCUT2D eigenvalue weighted by Gasteiger charge is -2.19. The third kappa shape index (κ3) is 3.40. The van der Waals surface area contributed by atoms with Crippen molar-refractivity contribution in [2.24, 2.45) is 0 Å². The summed E-state index contributed by atoms with van der Waals surface area (Å²) in [5.74, 6) is -0.988. The van der Waals surface area contributed by atoms with Gasteiger partial charge in [0.05, 0.1) is 11.1 Å². The van der Waals surface area contributed by atoms with Crippen LogP contribution in [-0.4, -0.2) is 27.3 Å². The molecule has 0 aliphatic carbocycles. The molecule has 0 fully saturated rings. The maximum absolute atomic E-state index is 12.5. The van der Waals surface area contributed by atoms with E-state index < -0.39 is 17.7 Å². The van der Waals surface area contributed by atoms with Crippen molar-refractivity contribution in [1.82, 2.24) is 4.57 Å². The smallest absolute Gasteiger partial charge is 0.419 e. The molecule has 0 bridgehead atoms. The summed E-state index contributed by atoms with van der Waals surface area (Å²) in [5, 5.41) is 10.1. The average Bonchev–Trinajstić information content (AvgIpc) is 2.93. The number of hydrogen-bond donors (Lipinski definition) is 1. The van der Waals surface area contributed by atoms with E-state index in [1.54, 1.807) is 24.4 Å². The van der Waals surface area contributed by atoms with Crippen LogP contribution in [0.5, 0.6) is 0 Å². The van der Waals surface area contributed by atoms with E-state index in [2.05, 4.69) is 0 Å². The molecular weight excluding hydrogens is 318 g/mol. The van der Waals surface area contributed by atoms with E-state index in [4.69, 9.17) is 4.74 Å². The lowest BCUT2D eigenvalue weighted by molar-refractivity contribution is 0.0544. The summed E-state index contributed by atoms with van der Waals surface area (Å²) in [4.78, 5) is 23.8. The lowest BCUT2D eigenvalue weighted by atomic mass is 10.0. The zero-order chi connectivity index (χ0) is 18.2. The highest BCUT2D eigenvalue weighted by atomic mass is 16.6. The normalized spacial score (nSPS) is 11.5. The summed E-state index contributed by atoms with van der Waals surface area (Å²) in [6.07, 6.45) is 1.23. The number of benzene rings is 2. The first-order valence-corrected chi connectivity index (χ1v) is 7.93. The second-order valence-corrected chi connectivity index (χ2v) is 6.80. The summed E-state index contributed by atoms with van der Waals surface area (Å²) >= 11 is 0. The number of ether oxygens (including phenoxy) is 1. The van der Waals surface area contributed by atoms with Crippen molar-refractivity contribution in [3.8, 4) is 11.1 Å². The zero-order valence-corrected chi connectivity index (χ0v) is 14.3. The van der Waals surface area contributed by atoms with Crippen molar-refractivity contribution in [2.45, 2.75) is 26.4 Å². The average molecular weight is 337 g/mol. The Kier molecular flexibility index (Phi) is 4.08. The van der Waals surface area contributed by atoms with Crippen molar-refractivity contribution in [3.05, 3.63) is 60.3 Å². The Morgan fingerprint density at radius 3 is 2.44 bits per heavy atom. The predicted octanol–water partition coefficient (Wildman–Crippen LogP) is 4.79. The number of carbonyl (C=O) groups is 2. The largest absolute Gasteiger partial charge is 0.478 e. The minimum Gasteiger partial charge on any atom is -0.478 e. The van der Waals surface area contributed by atoms with Gasteiger partial charge in [-0.2, -0.15) is 0 Å². The quantitative estimate of drug-likeness (QED) is 0.730. The summed E-state index contributed by atoms with van der Waals surface area (Å²) in [5.41, 5.74) is 1.83. The molecule has 0 unspecified atom stereocenters. The molecule has 128 valence electrons. The Balaban J connectivity index is 2.16. The highest BCUT2D eigenvalue weighted by molar-refractivity contribution is 6.01. The fourth-order valence-corrected chi connectivity index (χ4v) is 2.69. The van der Waals surface area contributed by atoms with E-state index in [0.29, 0.717) is 5.52 Å². The van der Waals surface area contributed by atoms with Gasteiger partial charge in [-0.15, -0.1) is 0 Å². The summed E-state index contributed by atoms with van der Waals surface area (Å²) in [7, 11) is 0. The van der Waals surface area contributed by atoms with Crippen LogP contribution in [0.1, 0.15) is 31.1 Å². The van der Waals surface area contributed by atoms with Crippen molar-refractivity contribution in [3.63, 3.8) is 0 Å². The minimum atomic E-state index is -0.988. The first-order valence-electron chi connectivity index (χ1n) is 7.93. The van der Waals surface area contributed by atoms with E-state index in [0.717, 1.165) is 16.5 Å². The fourth-order valence-electron chi connectivity index (χ4n) is 2.69. The number of nitrogens with zero attached hydrogens (tertiary/aromatic N) is 1. The van der Waals surface area contributed by atoms with Crippen molar-refractivity contribution in [1.29, 1.82) is 0 Å². The van der Waals surface area contributed by atoms with E-state index in [1.165, 1.54) is 4.57 Å². The predicted molar refractivity (Wildman–Crippen MR) is 96.0 cm³/mol. The van der Waals surface area contributed by atoms with Gasteiger partial charge in [0, 0.05) is 17.1 Å². The molecule has 0 radical (unpaired) electrons. The number of aromatic carboxylic acids is 1. The molecule has 0 saturated heterocycles. The molecule has 1 N–H and O–H groups in total. The van der Waals surface area contributed by atoms with Crippen LogP contribution < -0.4 is 0 Å². The molecule has 0 aliphatic rings. The Morgan fingerprint density at radius 1 is 1.04 bits per heavy atom. The van der Waals surface area contributed by atoms with E-state index in [1.807, 2.05) is 51.1 Å². The van der Waals surface area contributed by atoms with Gasteiger partial charge in [0.15, 0.2) is 0 Å². The first-order chi connectivity index (χ1) is 11.8. The standard InChI is InChI=1S/C20H19NO4/c1-20(2,3)25-19(24)21-12-16(15-9-4-5-10-17(15)21)13-7-6-8-14(11-13)18(22)23/h4-12H,1-3H3,(H,22,23). The topological polar surface area (TPSA) is 68.5 Å². The van der Waals surface area contributed by atoms with Gasteiger partial charge in [-0.3, -0.25) is 4.57 Å². The molecule has 3 rings (SSSR count). The molecule has 0 amide bonds. The van der Waals surface area contributed by atoms with Gasteiger partial charge in [0.1, 0.15) is 5.60 Å². The second-order valence-electron chi connectivity index (χ2n) is 6.80. The van der Waals surface area contributed by atoms with Gasteiger partial charge in [-0.1, -0.05) is 30.3 Å².